The second-order valence-corrected chi connectivity index (χ2v) is 5.73. The summed E-state index contributed by atoms with van der Waals surface area (Å²) in [6.07, 6.45) is 6.88. The Bertz CT molecular complexity index is 795. The molecule has 0 aliphatic carbocycles. The molecule has 0 bridgehead atoms. The van der Waals surface area contributed by atoms with Crippen LogP contribution in [0, 0.1) is 32.1 Å². The molecule has 0 unspecified atom stereocenters. The molecular weight excluding hydrogens is 282 g/mol. The van der Waals surface area contributed by atoms with Crippen molar-refractivity contribution in [1.82, 2.24) is 4.98 Å². The Morgan fingerprint density at radius 3 is 2.52 bits per heavy atom. The van der Waals surface area contributed by atoms with Crippen molar-refractivity contribution in [1.29, 1.82) is 5.26 Å². The van der Waals surface area contributed by atoms with E-state index in [2.05, 4.69) is 49.3 Å². The van der Waals surface area contributed by atoms with Gasteiger partial charge >= 0.3 is 0 Å². The van der Waals surface area contributed by atoms with E-state index in [1.807, 2.05) is 32.4 Å². The molecule has 118 valence electrons. The summed E-state index contributed by atoms with van der Waals surface area (Å²) in [4.78, 5) is 4.37. The summed E-state index contributed by atoms with van der Waals surface area (Å²) in [6, 6.07) is 6.38. The predicted molar refractivity (Wildman–Crippen MR) is 96.5 cm³/mol. The zero-order valence-electron chi connectivity index (χ0n) is 14.5. The van der Waals surface area contributed by atoms with E-state index in [1.54, 1.807) is 0 Å². The quantitative estimate of drug-likeness (QED) is 0.885. The second kappa shape index (κ2) is 7.11. The van der Waals surface area contributed by atoms with Crippen LogP contribution in [0.1, 0.15) is 46.7 Å². The zero-order chi connectivity index (χ0) is 17.0. The molecule has 0 radical (unpaired) electrons. The molecule has 0 saturated heterocycles. The van der Waals surface area contributed by atoms with Crippen LogP contribution >= 0.6 is 0 Å². The van der Waals surface area contributed by atoms with Crippen LogP contribution in [0.3, 0.4) is 0 Å². The number of aryl methyl sites for hydroxylation is 2. The number of nitriles is 1. The zero-order valence-corrected chi connectivity index (χ0v) is 14.5. The minimum absolute atomic E-state index is 0.725. The lowest BCUT2D eigenvalue weighted by Gasteiger charge is -2.17. The lowest BCUT2D eigenvalue weighted by Crippen LogP contribution is -2.01. The number of pyridine rings is 1. The minimum Gasteiger partial charge on any atom is -0.387 e. The summed E-state index contributed by atoms with van der Waals surface area (Å²) in [5.41, 5.74) is 8.46. The van der Waals surface area contributed by atoms with E-state index < -0.39 is 0 Å². The van der Waals surface area contributed by atoms with Crippen molar-refractivity contribution in [3.8, 4) is 6.07 Å². The van der Waals surface area contributed by atoms with Crippen molar-refractivity contribution in [3.05, 3.63) is 64.0 Å². The molecule has 1 aromatic heterocycles. The smallest absolute Gasteiger partial charge is 0.0994 e. The molecule has 0 aliphatic rings. The van der Waals surface area contributed by atoms with Gasteiger partial charge in [-0.15, -0.1) is 0 Å². The number of nitrogens with one attached hydrogen (secondary N) is 1. The summed E-state index contributed by atoms with van der Waals surface area (Å²) >= 11 is 0. The van der Waals surface area contributed by atoms with Gasteiger partial charge in [-0.3, -0.25) is 4.98 Å². The van der Waals surface area contributed by atoms with Crippen LogP contribution < -0.4 is 5.32 Å². The second-order valence-electron chi connectivity index (χ2n) is 5.73. The van der Waals surface area contributed by atoms with Gasteiger partial charge < -0.3 is 5.32 Å². The van der Waals surface area contributed by atoms with Crippen LogP contribution in [-0.2, 0) is 0 Å². The summed E-state index contributed by atoms with van der Waals surface area (Å²) in [6.45, 7) is 8.30. The van der Waals surface area contributed by atoms with Gasteiger partial charge in [0.1, 0.15) is 0 Å². The van der Waals surface area contributed by atoms with Gasteiger partial charge in [-0.25, -0.2) is 0 Å². The highest BCUT2D eigenvalue weighted by atomic mass is 14.8. The van der Waals surface area contributed by atoms with Crippen molar-refractivity contribution in [2.75, 3.05) is 12.4 Å². The maximum absolute atomic E-state index is 9.36. The first kappa shape index (κ1) is 16.8. The van der Waals surface area contributed by atoms with Crippen LogP contribution in [0.4, 0.5) is 5.69 Å². The summed E-state index contributed by atoms with van der Waals surface area (Å²) in [7, 11) is 1.90. The van der Waals surface area contributed by atoms with E-state index >= 15 is 0 Å². The molecule has 0 aliphatic heterocycles. The van der Waals surface area contributed by atoms with E-state index in [0.29, 0.717) is 0 Å². The monoisotopic (exact) mass is 305 g/mol. The first-order chi connectivity index (χ1) is 11.0. The molecule has 0 saturated carbocycles. The lowest BCUT2D eigenvalue weighted by atomic mass is 9.89. The van der Waals surface area contributed by atoms with Crippen LogP contribution in [-0.4, -0.2) is 12.0 Å². The molecule has 3 nitrogen and oxygen atoms in total. The average molecular weight is 305 g/mol. The lowest BCUT2D eigenvalue weighted by molar-refractivity contribution is 1.20. The first-order valence-electron chi connectivity index (χ1n) is 7.88. The van der Waals surface area contributed by atoms with Gasteiger partial charge in [-0.05, 0) is 61.1 Å². The van der Waals surface area contributed by atoms with Gasteiger partial charge in [-0.2, -0.15) is 5.26 Å². The number of hydrogen-bond acceptors (Lipinski definition) is 3. The van der Waals surface area contributed by atoms with Crippen LogP contribution in [0.2, 0.25) is 0 Å². The van der Waals surface area contributed by atoms with Gasteiger partial charge in [0.2, 0.25) is 0 Å². The van der Waals surface area contributed by atoms with E-state index in [4.69, 9.17) is 0 Å². The van der Waals surface area contributed by atoms with Crippen LogP contribution in [0.25, 0.3) is 5.57 Å². The van der Waals surface area contributed by atoms with Gasteiger partial charge in [0, 0.05) is 18.8 Å². The third-order valence-corrected chi connectivity index (χ3v) is 4.17. The fraction of sp³-hybridized carbons (Fsp3) is 0.300. The molecule has 0 atom stereocenters. The molecule has 2 rings (SSSR count). The van der Waals surface area contributed by atoms with Gasteiger partial charge in [0.15, 0.2) is 0 Å². The maximum atomic E-state index is 9.36. The highest BCUT2D eigenvalue weighted by Crippen LogP contribution is 2.32. The Morgan fingerprint density at radius 2 is 1.91 bits per heavy atom. The third-order valence-electron chi connectivity index (χ3n) is 4.17. The molecule has 1 aromatic carbocycles. The topological polar surface area (TPSA) is 48.7 Å². The summed E-state index contributed by atoms with van der Waals surface area (Å²) in [5, 5.41) is 12.5. The average Bonchev–Trinajstić information content (AvgIpc) is 2.54. The fourth-order valence-electron chi connectivity index (χ4n) is 2.88. The van der Waals surface area contributed by atoms with Crippen LogP contribution in [0.5, 0.6) is 0 Å². The van der Waals surface area contributed by atoms with Gasteiger partial charge in [0.25, 0.3) is 0 Å². The highest BCUT2D eigenvalue weighted by Gasteiger charge is 2.14. The van der Waals surface area contributed by atoms with E-state index in [9.17, 15) is 5.26 Å². The number of anilines is 1. The van der Waals surface area contributed by atoms with Crippen molar-refractivity contribution >= 4 is 11.3 Å². The molecular formula is C20H23N3. The number of aromatic nitrogens is 1. The van der Waals surface area contributed by atoms with Crippen molar-refractivity contribution in [2.45, 2.75) is 34.1 Å². The Balaban J connectivity index is 2.71. The Hall–Kier alpha value is -2.60. The Labute approximate surface area is 138 Å². The summed E-state index contributed by atoms with van der Waals surface area (Å²) < 4.78 is 0. The number of benzene rings is 1. The molecule has 2 aromatic rings. The largest absolute Gasteiger partial charge is 0.387 e. The Morgan fingerprint density at radius 1 is 1.17 bits per heavy atom. The van der Waals surface area contributed by atoms with Gasteiger partial charge in [-0.1, -0.05) is 19.1 Å². The number of hydrogen-bond donors (Lipinski definition) is 1. The standard InChI is InChI=1S/C20H23N3/c1-6-7-17(19-11-23-12-20(22-5)15(19)4)18-9-16(10-21)13(2)8-14(18)3/h7-9,11-12,22H,6H2,1-5H3/b17-7+. The van der Waals surface area contributed by atoms with Crippen LogP contribution in [0.15, 0.2) is 30.6 Å². The summed E-state index contributed by atoms with van der Waals surface area (Å²) in [5.74, 6) is 0. The molecule has 1 heterocycles. The SMILES string of the molecule is CC/C=C(\c1cc(C#N)c(C)cc1C)c1cncc(NC)c1C. The van der Waals surface area contributed by atoms with E-state index in [0.717, 1.165) is 39.9 Å². The highest BCUT2D eigenvalue weighted by molar-refractivity contribution is 5.85. The predicted octanol–water partition coefficient (Wildman–Crippen LogP) is 4.76. The van der Waals surface area contributed by atoms with Crippen molar-refractivity contribution in [2.24, 2.45) is 0 Å². The normalized spacial score (nSPS) is 11.2. The number of rotatable bonds is 4. The fourth-order valence-corrected chi connectivity index (χ4v) is 2.88. The van der Waals surface area contributed by atoms with Crippen molar-refractivity contribution < 1.29 is 0 Å². The minimum atomic E-state index is 0.725. The molecule has 0 fully saturated rings. The number of nitrogens with zero attached hydrogens (tertiary/aromatic N) is 2. The van der Waals surface area contributed by atoms with Gasteiger partial charge in [0.05, 0.1) is 23.5 Å². The first-order valence-corrected chi connectivity index (χ1v) is 7.88. The third kappa shape index (κ3) is 3.27. The molecule has 3 heteroatoms. The Kier molecular flexibility index (Phi) is 5.18. The number of allylic oxidation sites excluding steroid dienone is 1. The van der Waals surface area contributed by atoms with E-state index in [1.165, 1.54) is 11.1 Å². The molecule has 1 N–H and O–H groups in total. The molecule has 0 spiro atoms. The van der Waals surface area contributed by atoms with Crippen molar-refractivity contribution in [3.63, 3.8) is 0 Å². The maximum Gasteiger partial charge on any atom is 0.0994 e. The van der Waals surface area contributed by atoms with E-state index in [-0.39, 0.29) is 0 Å². The molecule has 0 amide bonds. The molecule has 23 heavy (non-hydrogen) atoms.